The summed E-state index contributed by atoms with van der Waals surface area (Å²) in [6, 6.07) is 29.2. The molecule has 2 fully saturated rings. The van der Waals surface area contributed by atoms with Crippen molar-refractivity contribution in [1.82, 2.24) is 60.4 Å². The molecule has 0 amide bonds. The number of ketones is 2. The van der Waals surface area contributed by atoms with E-state index < -0.39 is 93.4 Å². The number of unbranched alkanes of at least 4 members (excludes halogenated alkanes) is 1. The normalized spacial score (nSPS) is 13.7. The standard InChI is InChI=1S/C24H19F4N5O3S.C13H8BrFN2.C11H10F3N3O3S.C9H5F3N2O.2C4H8O.C4H9.C2H6ClNO2S.Li/c1-31(2)37(35,36)32-14-20(19-4-3-11-29-22(19)32)23(34,24(26,27)28)16-5-10-21-15(12-16)13-30-33(21)18-8-6-17(25)7-9-18;14-10-1-6-13-9(7-10)8-16-17(13)12-4-2-11(15)3-5-12;1-16(2)21(19,20)17-6-8(9(18)11(12,13)14)7-4-3-5-15-10(7)17;10-9(11,12)7(15)6-4-14-8-5(6)2-1-3-13-8;2*1-2-4-5-3-1;1-3-4-2;1-4(2)7(3,5)6;/h3-14,34H,1-2H3;1-8H;3-6H,1-2H3;1-4H,(H,13,14);2*1-4H2;1,3-4H2,2H3;1-2H3;/q;;;;;;-1;;+1. The number of rotatable bonds is 12. The summed E-state index contributed by atoms with van der Waals surface area (Å²) in [4.78, 5) is 36.4. The number of aromatic amines is 1. The van der Waals surface area contributed by atoms with Crippen LogP contribution in [0.4, 0.5) is 48.3 Å². The number of carbonyl (C=O) groups is 2. The van der Waals surface area contributed by atoms with Crippen LogP contribution in [0.2, 0.25) is 0 Å². The minimum absolute atomic E-state index is 0. The van der Waals surface area contributed by atoms with Crippen molar-refractivity contribution >= 4 is 123 Å². The Balaban J connectivity index is 0.000000223. The molecule has 24 nitrogen and oxygen atoms in total. The molecular weight excluding hydrogens is 1640 g/mol. The number of hydrogen-bond donors (Lipinski definition) is 2. The SMILES string of the molecule is C1CCOC1.C1CCOC1.CN(C)S(=O)(=O)Cl.CN(C)S(=O)(=O)n1cc(C(=O)C(F)(F)F)c2cccnc21.CN(C)S(=O)(=O)n1cc(C(O)(c2ccc3c(cnn3-c3ccc(F)cc3)c2)C(F)(F)F)c2cccnc21.Fc1ccc(-n2ncc3cc(Br)ccc32)cc1.O=C(c1c[nH]c2ncccc12)C(F)(F)F.[CH2-]CCC.[Li+]. The molecular formula is C71H73BrClF11LiN13O11S3. The molecule has 2 aliphatic heterocycles. The average Bonchev–Trinajstić information content (AvgIpc) is 0.960. The molecule has 2 saturated heterocycles. The summed E-state index contributed by atoms with van der Waals surface area (Å²) in [5.74, 6) is -4.68. The number of aromatic nitrogens is 10. The minimum Gasteiger partial charge on any atom is -0.381 e. The molecule has 12 aromatic rings. The fraction of sp³-hybridized carbons (Fsp3) is 0.296. The van der Waals surface area contributed by atoms with Crippen LogP contribution in [0.25, 0.3) is 66.3 Å². The van der Waals surface area contributed by atoms with E-state index in [0.717, 1.165) is 91.4 Å². The van der Waals surface area contributed by atoms with Crippen LogP contribution >= 0.6 is 26.6 Å². The second-order valence-corrected chi connectivity index (χ2v) is 31.9. The Bertz CT molecular complexity index is 5480. The Kier molecular flexibility index (Phi) is 32.5. The van der Waals surface area contributed by atoms with Crippen molar-refractivity contribution in [2.45, 2.75) is 69.6 Å². The third-order valence-electron chi connectivity index (χ3n) is 15.8. The fourth-order valence-electron chi connectivity index (χ4n) is 10.0. The van der Waals surface area contributed by atoms with Gasteiger partial charge in [0.15, 0.2) is 11.3 Å². The van der Waals surface area contributed by atoms with Crippen molar-refractivity contribution in [3.63, 3.8) is 0 Å². The molecule has 112 heavy (non-hydrogen) atoms. The Morgan fingerprint density at radius 1 is 0.580 bits per heavy atom. The molecule has 4 aromatic carbocycles. The van der Waals surface area contributed by atoms with Crippen LogP contribution < -0.4 is 18.9 Å². The van der Waals surface area contributed by atoms with Crippen LogP contribution in [0, 0.1) is 18.6 Å². The number of aliphatic hydroxyl groups is 1. The molecule has 0 saturated carbocycles. The number of fused-ring (bicyclic) bond motifs is 5. The van der Waals surface area contributed by atoms with Gasteiger partial charge in [0.2, 0.25) is 5.60 Å². The third-order valence-corrected chi connectivity index (χ3v) is 21.4. The first-order valence-corrected chi connectivity index (χ1v) is 38.8. The molecule has 0 bridgehead atoms. The molecule has 1 atom stereocenters. The van der Waals surface area contributed by atoms with Crippen LogP contribution in [-0.2, 0) is 44.7 Å². The summed E-state index contributed by atoms with van der Waals surface area (Å²) in [6.45, 7) is 9.72. The first-order chi connectivity index (χ1) is 52.0. The van der Waals surface area contributed by atoms with Crippen LogP contribution in [0.1, 0.15) is 77.3 Å². The molecule has 2 N–H and O–H groups in total. The van der Waals surface area contributed by atoms with Gasteiger partial charge in [-0.2, -0.15) is 94.3 Å². The zero-order valence-corrected chi connectivity index (χ0v) is 65.8. The van der Waals surface area contributed by atoms with Crippen LogP contribution in [-0.4, -0.2) is 190 Å². The van der Waals surface area contributed by atoms with Crippen molar-refractivity contribution in [3.8, 4) is 11.4 Å². The van der Waals surface area contributed by atoms with Gasteiger partial charge in [-0.05, 0) is 147 Å². The van der Waals surface area contributed by atoms with Gasteiger partial charge in [-0.15, -0.1) is 0 Å². The second kappa shape index (κ2) is 39.5. The number of ether oxygens (including phenoxy) is 2. The molecule has 0 radical (unpaired) electrons. The van der Waals surface area contributed by atoms with Gasteiger partial charge in [0.05, 0.1) is 45.9 Å². The first kappa shape index (κ1) is 92.3. The zero-order chi connectivity index (χ0) is 82.2. The predicted molar refractivity (Wildman–Crippen MR) is 400 cm³/mol. The Morgan fingerprint density at radius 2 is 0.982 bits per heavy atom. The van der Waals surface area contributed by atoms with Crippen molar-refractivity contribution in [2.75, 3.05) is 68.7 Å². The molecule has 14 rings (SSSR count). The van der Waals surface area contributed by atoms with E-state index in [2.05, 4.69) is 59.9 Å². The quantitative estimate of drug-likeness (QED) is 0.0378. The van der Waals surface area contributed by atoms with Crippen molar-refractivity contribution in [2.24, 2.45) is 0 Å². The maximum absolute atomic E-state index is 14.7. The number of H-pyrrole nitrogens is 1. The topological polar surface area (TPSA) is 285 Å². The molecule has 1 unspecified atom stereocenters. The van der Waals surface area contributed by atoms with Crippen molar-refractivity contribution in [3.05, 3.63) is 216 Å². The number of benzene rings is 4. The van der Waals surface area contributed by atoms with Gasteiger partial charge in [0.1, 0.15) is 17.3 Å². The van der Waals surface area contributed by atoms with Crippen LogP contribution in [0.3, 0.4) is 0 Å². The number of Topliss-reactive ketones (excluding diaryl/α,β-unsaturated/α-hetero) is 2. The number of nitrogens with one attached hydrogen (secondary N) is 1. The predicted octanol–water partition coefficient (Wildman–Crippen LogP) is 11.9. The summed E-state index contributed by atoms with van der Waals surface area (Å²) < 4.78 is 232. The Labute approximate surface area is 661 Å². The largest absolute Gasteiger partial charge is 1.00 e. The number of alkyl halides is 9. The Morgan fingerprint density at radius 3 is 1.39 bits per heavy atom. The number of halogens is 13. The van der Waals surface area contributed by atoms with E-state index in [-0.39, 0.29) is 63.2 Å². The van der Waals surface area contributed by atoms with E-state index in [1.807, 2.05) is 18.2 Å². The molecule has 0 spiro atoms. The number of pyridine rings is 3. The van der Waals surface area contributed by atoms with Gasteiger partial charge >= 0.3 is 57.8 Å². The molecule has 2 aliphatic rings. The van der Waals surface area contributed by atoms with E-state index in [1.165, 1.54) is 183 Å². The fourth-order valence-corrected chi connectivity index (χ4v) is 12.3. The van der Waals surface area contributed by atoms with Gasteiger partial charge in [0.25, 0.3) is 20.8 Å². The van der Waals surface area contributed by atoms with E-state index in [4.69, 9.17) is 20.2 Å². The summed E-state index contributed by atoms with van der Waals surface area (Å²) in [5.41, 5.74) is -3.46. The molecule has 41 heteroatoms. The molecule has 8 aromatic heterocycles. The monoisotopic (exact) mass is 1710 g/mol. The number of carbonyl (C=O) groups excluding carboxylic acids is 2. The first-order valence-electron chi connectivity index (χ1n) is 32.9. The van der Waals surface area contributed by atoms with E-state index in [1.54, 1.807) is 23.0 Å². The van der Waals surface area contributed by atoms with Gasteiger partial charge in [-0.3, -0.25) is 9.59 Å². The summed E-state index contributed by atoms with van der Waals surface area (Å²) >= 11 is 3.42. The summed E-state index contributed by atoms with van der Waals surface area (Å²) in [6.07, 6.45) is 1.61. The average molecular weight is 1710 g/mol. The minimum atomic E-state index is -5.25. The van der Waals surface area contributed by atoms with Crippen molar-refractivity contribution in [1.29, 1.82) is 0 Å². The molecule has 10 heterocycles. The number of hydrogen-bond acceptors (Lipinski definition) is 16. The molecule has 0 aliphatic carbocycles. The van der Waals surface area contributed by atoms with Gasteiger partial charge in [0, 0.05) is 154 Å². The van der Waals surface area contributed by atoms with Gasteiger partial charge in [-0.1, -0.05) is 35.3 Å². The second-order valence-electron chi connectivity index (χ2n) is 24.2. The summed E-state index contributed by atoms with van der Waals surface area (Å²) in [7, 11) is 0.590. The van der Waals surface area contributed by atoms with Crippen LogP contribution in [0.5, 0.6) is 0 Å². The van der Waals surface area contributed by atoms with Crippen molar-refractivity contribution < 1.29 is 117 Å². The maximum Gasteiger partial charge on any atom is 1.00 e. The maximum atomic E-state index is 14.7. The van der Waals surface area contributed by atoms with Crippen LogP contribution in [0.15, 0.2) is 175 Å². The van der Waals surface area contributed by atoms with E-state index in [0.29, 0.717) is 25.3 Å². The summed E-state index contributed by atoms with van der Waals surface area (Å²) in [5, 5.41) is 21.0. The Hall–Kier alpha value is -8.56. The van der Waals surface area contributed by atoms with Gasteiger partial charge in [-0.25, -0.2) is 41.0 Å². The van der Waals surface area contributed by atoms with E-state index in [9.17, 15) is 88.2 Å². The number of nitrogens with zero attached hydrogens (tertiary/aromatic N) is 12. The van der Waals surface area contributed by atoms with Gasteiger partial charge < -0.3 is 26.5 Å². The smallest absolute Gasteiger partial charge is 0.381 e. The third kappa shape index (κ3) is 22.9. The van der Waals surface area contributed by atoms with E-state index >= 15 is 0 Å². The molecule has 598 valence electrons. The zero-order valence-electron chi connectivity index (χ0n) is 61.0.